The summed E-state index contributed by atoms with van der Waals surface area (Å²) in [6.07, 6.45) is 8.14. The maximum absolute atomic E-state index is 12.5. The van der Waals surface area contributed by atoms with E-state index in [9.17, 15) is 9.90 Å². The molecule has 0 fully saturated rings. The van der Waals surface area contributed by atoms with E-state index in [4.69, 9.17) is 15.9 Å². The molecule has 2 rings (SSSR count). The number of benzene rings is 1. The van der Waals surface area contributed by atoms with Crippen LogP contribution in [0.25, 0.3) is 0 Å². The monoisotopic (exact) mass is 357 g/mol. The number of nitrogens with zero attached hydrogens (tertiary/aromatic N) is 1. The molecule has 1 aliphatic rings. The van der Waals surface area contributed by atoms with Crippen molar-refractivity contribution in [1.82, 2.24) is 4.90 Å². The van der Waals surface area contributed by atoms with Gasteiger partial charge in [0.05, 0.1) is 0 Å². The molecule has 0 bridgehead atoms. The van der Waals surface area contributed by atoms with Gasteiger partial charge in [-0.3, -0.25) is 4.79 Å². The predicted molar refractivity (Wildman–Crippen MR) is 100 cm³/mol. The highest BCUT2D eigenvalue weighted by Gasteiger charge is 2.38. The Morgan fingerprint density at radius 2 is 2.04 bits per heavy atom. The van der Waals surface area contributed by atoms with E-state index < -0.39 is 6.29 Å². The fourth-order valence-corrected chi connectivity index (χ4v) is 3.16. The lowest BCUT2D eigenvalue weighted by atomic mass is 9.80. The first-order chi connectivity index (χ1) is 12.5. The molecule has 0 saturated heterocycles. The van der Waals surface area contributed by atoms with Crippen LogP contribution < -0.4 is 0 Å². The van der Waals surface area contributed by atoms with Crippen molar-refractivity contribution in [2.75, 3.05) is 27.3 Å². The summed E-state index contributed by atoms with van der Waals surface area (Å²) in [5.41, 5.74) is 1.85. The molecule has 1 aromatic carbocycles. The lowest BCUT2D eigenvalue weighted by molar-refractivity contribution is -0.169. The van der Waals surface area contributed by atoms with Crippen LogP contribution in [-0.2, 0) is 14.3 Å². The second kappa shape index (κ2) is 9.42. The van der Waals surface area contributed by atoms with Crippen molar-refractivity contribution in [2.24, 2.45) is 5.92 Å². The summed E-state index contributed by atoms with van der Waals surface area (Å²) in [5, 5.41) is 9.27. The fraction of sp³-hybridized carbons (Fsp3) is 0.476. The van der Waals surface area contributed by atoms with Gasteiger partial charge in [0.2, 0.25) is 6.29 Å². The number of rotatable bonds is 7. The van der Waals surface area contributed by atoms with Crippen LogP contribution in [0, 0.1) is 18.3 Å². The van der Waals surface area contributed by atoms with Gasteiger partial charge in [0.25, 0.3) is 5.91 Å². The Hall–Kier alpha value is -2.29. The highest BCUT2D eigenvalue weighted by atomic mass is 16.7. The number of carbonyl (C=O) groups excluding carboxylic acids is 1. The molecule has 5 nitrogen and oxygen atoms in total. The quantitative estimate of drug-likeness (QED) is 0.762. The zero-order chi connectivity index (χ0) is 19.1. The van der Waals surface area contributed by atoms with Crippen molar-refractivity contribution in [3.63, 3.8) is 0 Å². The van der Waals surface area contributed by atoms with E-state index in [1.165, 1.54) is 4.90 Å². The molecule has 0 unspecified atom stereocenters. The molecular formula is C21H27NO4. The number of allylic oxidation sites excluding steroid dienone is 1. The molecule has 1 aromatic rings. The molecule has 0 aromatic heterocycles. The van der Waals surface area contributed by atoms with Crippen LogP contribution >= 0.6 is 0 Å². The Labute approximate surface area is 155 Å². The summed E-state index contributed by atoms with van der Waals surface area (Å²) in [7, 11) is 3.38. The minimum atomic E-state index is -0.534. The molecule has 26 heavy (non-hydrogen) atoms. The van der Waals surface area contributed by atoms with Crippen LogP contribution in [0.4, 0.5) is 0 Å². The summed E-state index contributed by atoms with van der Waals surface area (Å²) in [5.74, 6) is 2.65. The Bertz CT molecular complexity index is 672. The minimum Gasteiger partial charge on any atom is -0.459 e. The van der Waals surface area contributed by atoms with Crippen molar-refractivity contribution in [2.45, 2.75) is 32.0 Å². The van der Waals surface area contributed by atoms with Crippen LogP contribution in [0.2, 0.25) is 0 Å². The first-order valence-electron chi connectivity index (χ1n) is 8.91. The Morgan fingerprint density at radius 1 is 1.35 bits per heavy atom. The average molecular weight is 357 g/mol. The molecule has 1 N–H and O–H groups in total. The largest absolute Gasteiger partial charge is 0.459 e. The van der Waals surface area contributed by atoms with E-state index in [-0.39, 0.29) is 24.3 Å². The van der Waals surface area contributed by atoms with Gasteiger partial charge in [0, 0.05) is 44.7 Å². The normalized spacial score (nSPS) is 22.1. The number of terminal acetylenes is 1. The molecule has 1 amide bonds. The molecule has 0 saturated carbocycles. The molecule has 3 atom stereocenters. The van der Waals surface area contributed by atoms with Gasteiger partial charge in [-0.2, -0.15) is 0 Å². The summed E-state index contributed by atoms with van der Waals surface area (Å²) in [6, 6.07) is 7.75. The molecule has 0 spiro atoms. The third-order valence-electron chi connectivity index (χ3n) is 4.49. The van der Waals surface area contributed by atoms with Crippen LogP contribution in [0.3, 0.4) is 0 Å². The van der Waals surface area contributed by atoms with Gasteiger partial charge >= 0.3 is 0 Å². The van der Waals surface area contributed by atoms with E-state index in [2.05, 4.69) is 5.92 Å². The number of ether oxygens (including phenoxy) is 2. The SMILES string of the molecule is C#Cc1ccc([C@H]2C=C(C(=O)N(C)C)O[C@@H](OCC)[C@H]2CCCO)cc1. The summed E-state index contributed by atoms with van der Waals surface area (Å²) < 4.78 is 11.7. The molecule has 1 heterocycles. The average Bonchev–Trinajstić information content (AvgIpc) is 2.66. The number of hydrogen-bond donors (Lipinski definition) is 1. The van der Waals surface area contributed by atoms with Gasteiger partial charge in [0.15, 0.2) is 5.76 Å². The minimum absolute atomic E-state index is 0.00232. The molecule has 5 heteroatoms. The summed E-state index contributed by atoms with van der Waals surface area (Å²) >= 11 is 0. The maximum atomic E-state index is 12.5. The van der Waals surface area contributed by atoms with Crippen molar-refractivity contribution < 1.29 is 19.4 Å². The molecular weight excluding hydrogens is 330 g/mol. The van der Waals surface area contributed by atoms with Gasteiger partial charge in [0.1, 0.15) is 0 Å². The van der Waals surface area contributed by atoms with Gasteiger partial charge in [-0.05, 0) is 43.5 Å². The summed E-state index contributed by atoms with van der Waals surface area (Å²) in [4.78, 5) is 13.9. The zero-order valence-electron chi connectivity index (χ0n) is 15.6. The Morgan fingerprint density at radius 3 is 2.58 bits per heavy atom. The van der Waals surface area contributed by atoms with E-state index in [1.807, 2.05) is 37.3 Å². The number of hydrogen-bond acceptors (Lipinski definition) is 4. The van der Waals surface area contributed by atoms with E-state index in [0.29, 0.717) is 18.8 Å². The lowest BCUT2D eigenvalue weighted by Crippen LogP contribution is -2.38. The smallest absolute Gasteiger partial charge is 0.288 e. The Balaban J connectivity index is 2.44. The van der Waals surface area contributed by atoms with Crippen molar-refractivity contribution >= 4 is 5.91 Å². The highest BCUT2D eigenvalue weighted by molar-refractivity contribution is 5.91. The van der Waals surface area contributed by atoms with Gasteiger partial charge in [-0.25, -0.2) is 0 Å². The van der Waals surface area contributed by atoms with Crippen LogP contribution in [0.5, 0.6) is 0 Å². The first kappa shape index (κ1) is 20.0. The number of likely N-dealkylation sites (N-methyl/N-ethyl adjacent to an activating group) is 1. The van der Waals surface area contributed by atoms with Gasteiger partial charge in [-0.1, -0.05) is 18.1 Å². The molecule has 0 aliphatic carbocycles. The maximum Gasteiger partial charge on any atom is 0.288 e. The number of aliphatic hydroxyl groups excluding tert-OH is 1. The fourth-order valence-electron chi connectivity index (χ4n) is 3.16. The topological polar surface area (TPSA) is 59.0 Å². The second-order valence-corrected chi connectivity index (χ2v) is 6.49. The third kappa shape index (κ3) is 4.66. The number of carbonyl (C=O) groups is 1. The number of aliphatic hydroxyl groups is 1. The molecule has 1 aliphatic heterocycles. The lowest BCUT2D eigenvalue weighted by Gasteiger charge is -2.37. The molecule has 140 valence electrons. The predicted octanol–water partition coefficient (Wildman–Crippen LogP) is 2.51. The van der Waals surface area contributed by atoms with Gasteiger partial charge < -0.3 is 19.5 Å². The van der Waals surface area contributed by atoms with Crippen molar-refractivity contribution in [3.05, 3.63) is 47.2 Å². The van der Waals surface area contributed by atoms with Crippen LogP contribution in [-0.4, -0.2) is 49.5 Å². The van der Waals surface area contributed by atoms with Gasteiger partial charge in [-0.15, -0.1) is 6.42 Å². The van der Waals surface area contributed by atoms with E-state index in [1.54, 1.807) is 14.1 Å². The first-order valence-corrected chi connectivity index (χ1v) is 8.91. The highest BCUT2D eigenvalue weighted by Crippen LogP contribution is 2.39. The Kier molecular flexibility index (Phi) is 7.26. The van der Waals surface area contributed by atoms with Crippen molar-refractivity contribution in [1.29, 1.82) is 0 Å². The van der Waals surface area contributed by atoms with E-state index >= 15 is 0 Å². The number of amides is 1. The van der Waals surface area contributed by atoms with Crippen LogP contribution in [0.15, 0.2) is 36.1 Å². The summed E-state index contributed by atoms with van der Waals surface area (Å²) in [6.45, 7) is 2.48. The van der Waals surface area contributed by atoms with Crippen molar-refractivity contribution in [3.8, 4) is 12.3 Å². The van der Waals surface area contributed by atoms with Crippen LogP contribution in [0.1, 0.15) is 36.8 Å². The third-order valence-corrected chi connectivity index (χ3v) is 4.49. The molecule has 0 radical (unpaired) electrons. The van der Waals surface area contributed by atoms with E-state index in [0.717, 1.165) is 17.5 Å². The zero-order valence-corrected chi connectivity index (χ0v) is 15.6. The standard InChI is InChI=1S/C21H27NO4/c1-5-15-9-11-16(12-10-15)18-14-19(20(24)22(3)4)26-21(25-6-2)17(18)8-7-13-23/h1,9-12,14,17-18,21,23H,6-8,13H2,2-4H3/t17-,18+,21+/m0/s1. The second-order valence-electron chi connectivity index (χ2n) is 6.49.